The van der Waals surface area contributed by atoms with Crippen molar-refractivity contribution < 1.29 is 62.3 Å². The summed E-state index contributed by atoms with van der Waals surface area (Å²) in [6, 6.07) is 55.7. The molecule has 101 heavy (non-hydrogen) atoms. The van der Waals surface area contributed by atoms with E-state index in [1.54, 1.807) is 85.1 Å². The summed E-state index contributed by atoms with van der Waals surface area (Å²) in [5, 5.41) is 23.9. The van der Waals surface area contributed by atoms with E-state index in [-0.39, 0.29) is 59.2 Å². The van der Waals surface area contributed by atoms with Gasteiger partial charge in [-0.05, 0) is 169 Å². The van der Waals surface area contributed by atoms with Crippen molar-refractivity contribution >= 4 is 148 Å². The molecule has 0 N–H and O–H groups in total. The number of ketones is 2. The third kappa shape index (κ3) is 16.3. The Bertz CT molecular complexity index is 5000. The van der Waals surface area contributed by atoms with Crippen LogP contribution in [0.15, 0.2) is 213 Å². The molecule has 4 aromatic heterocycles. The second-order valence-corrected chi connectivity index (χ2v) is 26.1. The number of nitrogens with zero attached hydrogens (tertiary/aromatic N) is 6. The zero-order chi connectivity index (χ0) is 70.8. The maximum Gasteiger partial charge on any atom is 0.331 e. The number of rotatable bonds is 26. The fourth-order valence-corrected chi connectivity index (χ4v) is 13.4. The normalized spacial score (nSPS) is 12.1. The fourth-order valence-electron chi connectivity index (χ4n) is 11.5. The average molecular weight is 1430 g/mol. The van der Waals surface area contributed by atoms with Gasteiger partial charge in [0.2, 0.25) is 0 Å². The number of oxime groups is 4. The number of carbonyl (C=O) groups excluding carboxylic acids is 6. The second-order valence-electron chi connectivity index (χ2n) is 23.2. The van der Waals surface area contributed by atoms with Crippen LogP contribution in [-0.4, -0.2) is 93.9 Å². The minimum atomic E-state index is -0.550. The Labute approximate surface area is 596 Å². The molecule has 0 saturated heterocycles. The minimum Gasteiger partial charge on any atom is -0.491 e. The zero-order valence-electron chi connectivity index (χ0n) is 55.3. The Hall–Kier alpha value is -11.2. The van der Waals surface area contributed by atoms with Gasteiger partial charge in [-0.1, -0.05) is 92.4 Å². The van der Waals surface area contributed by atoms with Crippen LogP contribution in [0.1, 0.15) is 105 Å². The lowest BCUT2D eigenvalue weighted by Crippen LogP contribution is -2.12. The molecule has 0 saturated carbocycles. The van der Waals surface area contributed by atoms with Gasteiger partial charge in [-0.25, -0.2) is 19.2 Å². The van der Waals surface area contributed by atoms with Crippen LogP contribution in [0.4, 0.5) is 0 Å². The maximum atomic E-state index is 14.4. The Kier molecular flexibility index (Phi) is 21.6. The number of benzene rings is 8. The Morgan fingerprint density at radius 1 is 0.376 bits per heavy atom. The predicted molar refractivity (Wildman–Crippen MR) is 394 cm³/mol. The van der Waals surface area contributed by atoms with E-state index in [9.17, 15) is 28.8 Å². The molecule has 0 atom stereocenters. The summed E-state index contributed by atoms with van der Waals surface area (Å²) in [6.07, 6.45) is 0.824. The van der Waals surface area contributed by atoms with E-state index < -0.39 is 23.9 Å². The summed E-state index contributed by atoms with van der Waals surface area (Å²) in [5.74, 6) is -1.91. The van der Waals surface area contributed by atoms with Gasteiger partial charge in [0.1, 0.15) is 24.7 Å². The van der Waals surface area contributed by atoms with Gasteiger partial charge in [0, 0.05) is 117 Å². The summed E-state index contributed by atoms with van der Waals surface area (Å²) >= 11 is 16.8. The molecule has 23 heteroatoms. The van der Waals surface area contributed by atoms with Crippen LogP contribution in [-0.2, 0) is 56.1 Å². The molecule has 0 aliphatic rings. The molecule has 0 amide bonds. The number of aromatic nitrogens is 2. The largest absolute Gasteiger partial charge is 0.491 e. The first-order chi connectivity index (χ1) is 48.8. The molecular formula is C78H62Cl2N6O13S2. The number of carbonyl (C=O) groups is 6. The van der Waals surface area contributed by atoms with Gasteiger partial charge in [-0.15, -0.1) is 22.7 Å². The number of hydrogen-bond acceptors (Lipinski definition) is 19. The lowest BCUT2D eigenvalue weighted by molar-refractivity contribution is -0.141. The predicted octanol–water partition coefficient (Wildman–Crippen LogP) is 16.8. The monoisotopic (exact) mass is 1420 g/mol. The van der Waals surface area contributed by atoms with E-state index >= 15 is 0 Å². The fraction of sp³-hybridized carbons (Fsp3) is 0.154. The molecular weight excluding hydrogens is 1360 g/mol. The Balaban J connectivity index is 0.705. The number of thiophene rings is 2. The Morgan fingerprint density at radius 3 is 1.05 bits per heavy atom. The number of fused-ring (bicyclic) bond motifs is 6. The average Bonchev–Trinajstić information content (AvgIpc) is 1.59. The van der Waals surface area contributed by atoms with Crippen molar-refractivity contribution in [2.75, 3.05) is 26.4 Å². The molecule has 19 nitrogen and oxygen atoms in total. The van der Waals surface area contributed by atoms with Crippen LogP contribution in [0, 0.1) is 0 Å². The maximum absolute atomic E-state index is 14.4. The van der Waals surface area contributed by atoms with Crippen LogP contribution < -0.4 is 9.47 Å². The van der Waals surface area contributed by atoms with Crippen LogP contribution >= 0.6 is 45.9 Å². The third-order valence-electron chi connectivity index (χ3n) is 16.2. The summed E-state index contributed by atoms with van der Waals surface area (Å²) in [4.78, 5) is 98.0. The molecule has 12 rings (SSSR count). The SMILES string of the molecule is CC(=O)ON=C(C)c1ccc(-n2c3ccc(C(=O)c4ccc(OCCOCCOc5ccc(C(=O)c6ccc7c(c6)c6cc(C(Cc8cccs8)=NOC(C)=O)ccc6n7-c6ccc(C(C)=NOC(C)=O)cc6)c(Cl)c5)cc4Cl)cc3c3cc(C(Cc4cccs4)=NOC(C)=O)ccc32)cc1. The van der Waals surface area contributed by atoms with Gasteiger partial charge in [0.05, 0.1) is 68.2 Å². The van der Waals surface area contributed by atoms with Gasteiger partial charge in [-0.3, -0.25) is 9.59 Å². The van der Waals surface area contributed by atoms with Crippen LogP contribution in [0.2, 0.25) is 10.0 Å². The first-order valence-corrected chi connectivity index (χ1v) is 34.2. The molecule has 12 aromatic rings. The second kappa shape index (κ2) is 31.3. The molecule has 0 aliphatic carbocycles. The Morgan fingerprint density at radius 2 is 0.713 bits per heavy atom. The number of halogens is 2. The zero-order valence-corrected chi connectivity index (χ0v) is 58.4. The molecule has 0 unspecified atom stereocenters. The van der Waals surface area contributed by atoms with E-state index in [1.165, 1.54) is 27.7 Å². The van der Waals surface area contributed by atoms with E-state index in [0.717, 1.165) is 87.0 Å². The summed E-state index contributed by atoms with van der Waals surface area (Å²) in [5.41, 5.74) is 11.3. The van der Waals surface area contributed by atoms with Crippen molar-refractivity contribution in [3.05, 3.63) is 257 Å². The molecule has 508 valence electrons. The van der Waals surface area contributed by atoms with Gasteiger partial charge >= 0.3 is 23.9 Å². The summed E-state index contributed by atoms with van der Waals surface area (Å²) < 4.78 is 22.0. The van der Waals surface area contributed by atoms with Crippen molar-refractivity contribution in [1.29, 1.82) is 0 Å². The quantitative estimate of drug-likeness (QED) is 0.0162. The number of hydrogen-bond donors (Lipinski definition) is 0. The van der Waals surface area contributed by atoms with Crippen molar-refractivity contribution in [3.8, 4) is 22.9 Å². The van der Waals surface area contributed by atoms with Crippen molar-refractivity contribution in [2.24, 2.45) is 20.6 Å². The highest BCUT2D eigenvalue weighted by atomic mass is 35.5. The summed E-state index contributed by atoms with van der Waals surface area (Å²) in [6.45, 7) is 9.39. The molecule has 0 spiro atoms. The van der Waals surface area contributed by atoms with Crippen molar-refractivity contribution in [2.45, 2.75) is 54.4 Å². The molecule has 0 aliphatic heterocycles. The van der Waals surface area contributed by atoms with E-state index in [2.05, 4.69) is 29.8 Å². The smallest absolute Gasteiger partial charge is 0.331 e. The van der Waals surface area contributed by atoms with Gasteiger partial charge < -0.3 is 42.7 Å². The lowest BCUT2D eigenvalue weighted by atomic mass is 9.99. The van der Waals surface area contributed by atoms with Crippen LogP contribution in [0.3, 0.4) is 0 Å². The highest BCUT2D eigenvalue weighted by molar-refractivity contribution is 7.10. The van der Waals surface area contributed by atoms with Crippen molar-refractivity contribution in [3.63, 3.8) is 0 Å². The van der Waals surface area contributed by atoms with Crippen molar-refractivity contribution in [1.82, 2.24) is 9.13 Å². The van der Waals surface area contributed by atoms with E-state index in [0.29, 0.717) is 58.3 Å². The standard InChI is InChI=1S/C78H62Cl2N6O13S2/c1-45(81-96-47(3)87)51-11-19-57(20-12-51)85-73-27-15-53(71(83-98-49(5)89)43-61-9-7-35-100-61)37-65(73)67-39-55(17-29-75(67)85)77(91)63-25-23-59(41-69(63)79)94-33-31-93-32-34-95-60-24-26-64(70(80)42-60)78(92)56-18-30-76-68(40-56)66-38-54(72(84-99-50(6)90)44-62-10-8-36-101-62)16-28-74(66)86(76)58-21-13-52(14-22-58)46(2)82-97-48(4)88/h7-30,35-42H,31-34,43-44H2,1-6H3. The van der Waals surface area contributed by atoms with E-state index in [1.807, 2.05) is 144 Å². The van der Waals surface area contributed by atoms with E-state index in [4.69, 9.17) is 56.8 Å². The highest BCUT2D eigenvalue weighted by Gasteiger charge is 2.23. The molecule has 0 radical (unpaired) electrons. The first kappa shape index (κ1) is 69.7. The molecule has 0 fully saturated rings. The van der Waals surface area contributed by atoms with Gasteiger partial charge in [0.25, 0.3) is 0 Å². The molecule has 8 aromatic carbocycles. The van der Waals surface area contributed by atoms with Gasteiger partial charge in [-0.2, -0.15) is 0 Å². The van der Waals surface area contributed by atoms with Crippen LogP contribution in [0.5, 0.6) is 11.5 Å². The van der Waals surface area contributed by atoms with Gasteiger partial charge in [0.15, 0.2) is 11.6 Å². The van der Waals surface area contributed by atoms with Crippen LogP contribution in [0.25, 0.3) is 55.0 Å². The third-order valence-corrected chi connectivity index (χ3v) is 18.6. The number of ether oxygens (including phenoxy) is 3. The minimum absolute atomic E-state index is 0.164. The first-order valence-electron chi connectivity index (χ1n) is 31.7. The molecule has 4 heterocycles. The summed E-state index contributed by atoms with van der Waals surface area (Å²) in [7, 11) is 0. The highest BCUT2D eigenvalue weighted by Crippen LogP contribution is 2.38. The molecule has 0 bridgehead atoms. The topological polar surface area (TPSA) is 226 Å². The lowest BCUT2D eigenvalue weighted by Gasteiger charge is -2.11.